The lowest BCUT2D eigenvalue weighted by Gasteiger charge is -2.34. The summed E-state index contributed by atoms with van der Waals surface area (Å²) in [7, 11) is 0. The maximum atomic E-state index is 14.7. The van der Waals surface area contributed by atoms with Crippen LogP contribution in [0.5, 0.6) is 0 Å². The SMILES string of the molecule is CCCCCSC1=NN2C(=c3ccccc3=N[C@H]2c2c(F)cccc2Cl)C(=O)N1. The molecule has 1 amide bonds. The van der Waals surface area contributed by atoms with E-state index in [1.54, 1.807) is 18.2 Å². The average Bonchev–Trinajstić information content (AvgIpc) is 2.71. The number of para-hydroxylation sites is 1. The number of nitrogens with one attached hydrogen (secondary N) is 1. The smallest absolute Gasteiger partial charge is 0.276 e. The van der Waals surface area contributed by atoms with Crippen molar-refractivity contribution in [2.45, 2.75) is 32.4 Å². The summed E-state index contributed by atoms with van der Waals surface area (Å²) in [5.74, 6) is 0.0794. The van der Waals surface area contributed by atoms with E-state index in [4.69, 9.17) is 11.6 Å². The van der Waals surface area contributed by atoms with Gasteiger partial charge in [-0.05, 0) is 24.6 Å². The van der Waals surface area contributed by atoms with Crippen LogP contribution in [0, 0.1) is 5.82 Å². The largest absolute Gasteiger partial charge is 0.298 e. The number of thioether (sulfide) groups is 1. The number of hydrogen-bond donors (Lipinski definition) is 1. The summed E-state index contributed by atoms with van der Waals surface area (Å²) in [6.45, 7) is 2.14. The number of carbonyl (C=O) groups excluding carboxylic acids is 1. The number of benzene rings is 2. The molecule has 2 aliphatic rings. The normalized spacial score (nSPS) is 17.8. The van der Waals surface area contributed by atoms with Crippen molar-refractivity contribution < 1.29 is 9.18 Å². The van der Waals surface area contributed by atoms with Crippen LogP contribution in [0.3, 0.4) is 0 Å². The Hall–Kier alpha value is -2.38. The fourth-order valence-electron chi connectivity index (χ4n) is 3.36. The molecule has 0 fully saturated rings. The minimum Gasteiger partial charge on any atom is -0.298 e. The maximum absolute atomic E-state index is 14.7. The van der Waals surface area contributed by atoms with Crippen LogP contribution in [-0.4, -0.2) is 21.8 Å². The highest BCUT2D eigenvalue weighted by Crippen LogP contribution is 2.35. The Morgan fingerprint density at radius 2 is 2.03 bits per heavy atom. The number of hydrogen-bond acceptors (Lipinski definition) is 5. The summed E-state index contributed by atoms with van der Waals surface area (Å²) in [6.07, 6.45) is 2.41. The summed E-state index contributed by atoms with van der Waals surface area (Å²) in [4.78, 5) is 17.7. The molecule has 8 heteroatoms. The molecule has 150 valence electrons. The molecule has 0 spiro atoms. The number of amides is 1. The van der Waals surface area contributed by atoms with Gasteiger partial charge in [0, 0.05) is 11.0 Å². The lowest BCUT2D eigenvalue weighted by atomic mass is 10.1. The number of fused-ring (bicyclic) bond motifs is 2. The van der Waals surface area contributed by atoms with Crippen molar-refractivity contribution in [3.8, 4) is 0 Å². The van der Waals surface area contributed by atoms with E-state index in [1.807, 2.05) is 18.2 Å². The highest BCUT2D eigenvalue weighted by Gasteiger charge is 2.36. The van der Waals surface area contributed by atoms with Crippen LogP contribution in [0.1, 0.15) is 37.9 Å². The molecule has 0 saturated heterocycles. The summed E-state index contributed by atoms with van der Waals surface area (Å²) >= 11 is 7.80. The molecule has 4 rings (SSSR count). The number of halogens is 2. The fraction of sp³-hybridized carbons (Fsp3) is 0.286. The van der Waals surface area contributed by atoms with Crippen LogP contribution in [0.4, 0.5) is 4.39 Å². The van der Waals surface area contributed by atoms with Gasteiger partial charge in [0.1, 0.15) is 11.5 Å². The molecule has 0 aliphatic carbocycles. The summed E-state index contributed by atoms with van der Waals surface area (Å²) in [5.41, 5.74) is 0.549. The molecule has 0 radical (unpaired) electrons. The van der Waals surface area contributed by atoms with E-state index in [1.165, 1.54) is 22.8 Å². The van der Waals surface area contributed by atoms with E-state index >= 15 is 0 Å². The van der Waals surface area contributed by atoms with Crippen molar-refractivity contribution in [3.05, 3.63) is 69.4 Å². The Labute approximate surface area is 177 Å². The quantitative estimate of drug-likeness (QED) is 0.738. The second-order valence-electron chi connectivity index (χ2n) is 6.76. The number of nitrogens with zero attached hydrogens (tertiary/aromatic N) is 3. The van der Waals surface area contributed by atoms with Crippen molar-refractivity contribution in [1.29, 1.82) is 0 Å². The van der Waals surface area contributed by atoms with Crippen LogP contribution in [0.2, 0.25) is 5.02 Å². The zero-order valence-corrected chi connectivity index (χ0v) is 17.4. The van der Waals surface area contributed by atoms with Gasteiger partial charge in [0.05, 0.1) is 15.9 Å². The van der Waals surface area contributed by atoms with E-state index in [0.717, 1.165) is 25.0 Å². The number of carbonyl (C=O) groups is 1. The highest BCUT2D eigenvalue weighted by molar-refractivity contribution is 8.13. The molecular weight excluding hydrogens is 411 g/mol. The fourth-order valence-corrected chi connectivity index (χ4v) is 4.47. The van der Waals surface area contributed by atoms with E-state index in [0.29, 0.717) is 21.4 Å². The molecule has 2 heterocycles. The molecule has 5 nitrogen and oxygen atoms in total. The molecule has 2 aliphatic heterocycles. The predicted octanol–water partition coefficient (Wildman–Crippen LogP) is 3.55. The van der Waals surface area contributed by atoms with Crippen LogP contribution >= 0.6 is 23.4 Å². The van der Waals surface area contributed by atoms with Crippen LogP contribution < -0.4 is 15.9 Å². The van der Waals surface area contributed by atoms with Gasteiger partial charge in [0.2, 0.25) is 0 Å². The number of hydrazone groups is 1. The van der Waals surface area contributed by atoms with Gasteiger partial charge in [0.25, 0.3) is 5.91 Å². The average molecular weight is 431 g/mol. The first-order valence-corrected chi connectivity index (χ1v) is 10.9. The van der Waals surface area contributed by atoms with Crippen molar-refractivity contribution in [2.24, 2.45) is 10.1 Å². The van der Waals surface area contributed by atoms with Crippen molar-refractivity contribution in [1.82, 2.24) is 10.3 Å². The number of amidine groups is 1. The first-order valence-electron chi connectivity index (χ1n) is 9.53. The van der Waals surface area contributed by atoms with Crippen molar-refractivity contribution in [3.63, 3.8) is 0 Å². The molecule has 0 aromatic heterocycles. The van der Waals surface area contributed by atoms with Gasteiger partial charge < -0.3 is 0 Å². The van der Waals surface area contributed by atoms with E-state index in [-0.39, 0.29) is 16.5 Å². The second-order valence-corrected chi connectivity index (χ2v) is 8.25. The van der Waals surface area contributed by atoms with Crippen LogP contribution in [0.15, 0.2) is 52.6 Å². The Balaban J connectivity index is 1.83. The summed E-state index contributed by atoms with van der Waals surface area (Å²) in [6, 6.07) is 11.8. The standard InChI is InChI=1S/C21H20ClFN4OS/c1-2-3-6-12-29-21-25-20(28)18-13-8-4-5-11-16(13)24-19(27(18)26-21)17-14(22)9-7-10-15(17)23/h4-5,7-11,19H,2-3,6,12H2,1H3,(H,25,26,28)/t19-/m1/s1. The minimum absolute atomic E-state index is 0.204. The van der Waals surface area contributed by atoms with E-state index in [2.05, 4.69) is 22.3 Å². The number of unbranched alkanes of at least 4 members (excludes halogenated alkanes) is 2. The van der Waals surface area contributed by atoms with Gasteiger partial charge in [-0.2, -0.15) is 0 Å². The third kappa shape index (κ3) is 3.89. The predicted molar refractivity (Wildman–Crippen MR) is 114 cm³/mol. The van der Waals surface area contributed by atoms with E-state index in [9.17, 15) is 9.18 Å². The number of rotatable bonds is 5. The van der Waals surface area contributed by atoms with E-state index < -0.39 is 12.0 Å². The maximum Gasteiger partial charge on any atom is 0.276 e. The Morgan fingerprint density at radius 3 is 2.83 bits per heavy atom. The first-order chi connectivity index (χ1) is 14.1. The summed E-state index contributed by atoms with van der Waals surface area (Å²) in [5, 5.41) is 11.0. The van der Waals surface area contributed by atoms with Gasteiger partial charge in [-0.15, -0.1) is 5.10 Å². The molecule has 1 N–H and O–H groups in total. The molecule has 1 atom stereocenters. The van der Waals surface area contributed by atoms with Gasteiger partial charge in [-0.25, -0.2) is 9.40 Å². The zero-order valence-electron chi connectivity index (χ0n) is 15.9. The molecular formula is C21H20ClFN4OS. The second kappa shape index (κ2) is 8.55. The monoisotopic (exact) mass is 430 g/mol. The lowest BCUT2D eigenvalue weighted by molar-refractivity contribution is -0.116. The van der Waals surface area contributed by atoms with Gasteiger partial charge in [0.15, 0.2) is 11.3 Å². The molecule has 2 aromatic rings. The third-order valence-electron chi connectivity index (χ3n) is 4.76. The highest BCUT2D eigenvalue weighted by atomic mass is 35.5. The Morgan fingerprint density at radius 1 is 1.21 bits per heavy atom. The topological polar surface area (TPSA) is 57.1 Å². The molecule has 0 unspecified atom stereocenters. The minimum atomic E-state index is -0.856. The summed E-state index contributed by atoms with van der Waals surface area (Å²) < 4.78 is 14.7. The molecule has 0 saturated carbocycles. The van der Waals surface area contributed by atoms with Gasteiger partial charge >= 0.3 is 0 Å². The van der Waals surface area contributed by atoms with Crippen LogP contribution in [-0.2, 0) is 4.79 Å². The lowest BCUT2D eigenvalue weighted by Crippen LogP contribution is -2.50. The first kappa shape index (κ1) is 19.9. The Kier molecular flexibility index (Phi) is 5.87. The Bertz CT molecular complexity index is 1080. The molecule has 2 aromatic carbocycles. The zero-order chi connectivity index (χ0) is 20.4. The van der Waals surface area contributed by atoms with Gasteiger partial charge in [-0.1, -0.05) is 67.4 Å². The third-order valence-corrected chi connectivity index (χ3v) is 6.04. The van der Waals surface area contributed by atoms with Gasteiger partial charge in [-0.3, -0.25) is 15.1 Å². The molecule has 29 heavy (non-hydrogen) atoms. The van der Waals surface area contributed by atoms with Crippen LogP contribution in [0.25, 0.3) is 5.70 Å². The van der Waals surface area contributed by atoms with Crippen molar-refractivity contribution in [2.75, 3.05) is 5.75 Å². The molecule has 0 bridgehead atoms. The van der Waals surface area contributed by atoms with Crippen molar-refractivity contribution >= 4 is 40.1 Å².